The lowest BCUT2D eigenvalue weighted by molar-refractivity contribution is -0.122. The second-order valence-corrected chi connectivity index (χ2v) is 7.05. The summed E-state index contributed by atoms with van der Waals surface area (Å²) in [5.41, 5.74) is 2.21. The Labute approximate surface area is 168 Å². The minimum absolute atomic E-state index is 0.0352. The van der Waals surface area contributed by atoms with Gasteiger partial charge in [-0.05, 0) is 17.7 Å². The first-order chi connectivity index (χ1) is 14.2. The second-order valence-electron chi connectivity index (χ2n) is 7.05. The van der Waals surface area contributed by atoms with E-state index in [0.717, 1.165) is 18.7 Å². The molecule has 7 heteroatoms. The van der Waals surface area contributed by atoms with E-state index in [4.69, 9.17) is 4.74 Å². The number of hydrogen-bond donors (Lipinski definition) is 1. The summed E-state index contributed by atoms with van der Waals surface area (Å²) in [7, 11) is 0. The molecule has 1 aromatic heterocycles. The van der Waals surface area contributed by atoms with E-state index in [1.807, 2.05) is 36.4 Å². The average Bonchev–Trinajstić information content (AvgIpc) is 2.77. The first kappa shape index (κ1) is 19.3. The Morgan fingerprint density at radius 1 is 1.07 bits per heavy atom. The number of aromatic nitrogens is 2. The highest BCUT2D eigenvalue weighted by molar-refractivity contribution is 5.79. The predicted octanol–water partition coefficient (Wildman–Crippen LogP) is 1.59. The molecule has 1 aliphatic heterocycles. The highest BCUT2D eigenvalue weighted by atomic mass is 16.5. The van der Waals surface area contributed by atoms with Gasteiger partial charge in [0.1, 0.15) is 6.54 Å². The molecule has 1 aliphatic rings. The summed E-state index contributed by atoms with van der Waals surface area (Å²) in [4.78, 5) is 31.4. The van der Waals surface area contributed by atoms with Crippen molar-refractivity contribution in [3.63, 3.8) is 0 Å². The van der Waals surface area contributed by atoms with Gasteiger partial charge in [0.2, 0.25) is 5.91 Å². The zero-order chi connectivity index (χ0) is 20.1. The molecule has 0 bridgehead atoms. The number of benzene rings is 2. The topological polar surface area (TPSA) is 76.5 Å². The zero-order valence-corrected chi connectivity index (χ0v) is 16.2. The molecule has 150 valence electrons. The lowest BCUT2D eigenvalue weighted by atomic mass is 10.0. The number of amides is 1. The first-order valence-electron chi connectivity index (χ1n) is 9.80. The molecule has 0 radical (unpaired) electrons. The molecule has 1 atom stereocenters. The number of fused-ring (bicyclic) bond motifs is 1. The molecule has 7 nitrogen and oxygen atoms in total. The van der Waals surface area contributed by atoms with Crippen molar-refractivity contribution in [1.29, 1.82) is 0 Å². The number of nitrogens with one attached hydrogen (secondary N) is 1. The standard InChI is InChI=1S/C22H24N4O3/c27-21(16-26-19-9-5-4-8-18(19)23-15-22(26)28)24-14-20(17-6-2-1-3-7-17)25-10-12-29-13-11-25/h1-9,15,20H,10-14,16H2,(H,24,27). The maximum absolute atomic E-state index is 12.7. The van der Waals surface area contributed by atoms with Crippen molar-refractivity contribution in [3.8, 4) is 0 Å². The molecule has 29 heavy (non-hydrogen) atoms. The van der Waals surface area contributed by atoms with Crippen molar-refractivity contribution in [2.45, 2.75) is 12.6 Å². The largest absolute Gasteiger partial charge is 0.379 e. The fraction of sp³-hybridized carbons (Fsp3) is 0.318. The summed E-state index contributed by atoms with van der Waals surface area (Å²) in [5, 5.41) is 3.02. The third kappa shape index (κ3) is 4.52. The normalized spacial score (nSPS) is 15.9. The second kappa shape index (κ2) is 8.98. The van der Waals surface area contributed by atoms with Gasteiger partial charge in [-0.3, -0.25) is 19.1 Å². The third-order valence-corrected chi connectivity index (χ3v) is 5.22. The van der Waals surface area contributed by atoms with Gasteiger partial charge in [0, 0.05) is 19.6 Å². The molecule has 3 aromatic rings. The van der Waals surface area contributed by atoms with Gasteiger partial charge in [-0.15, -0.1) is 0 Å². The third-order valence-electron chi connectivity index (χ3n) is 5.22. The Morgan fingerprint density at radius 3 is 2.59 bits per heavy atom. The zero-order valence-electron chi connectivity index (χ0n) is 16.2. The van der Waals surface area contributed by atoms with Crippen LogP contribution in [0.3, 0.4) is 0 Å². The molecular formula is C22H24N4O3. The van der Waals surface area contributed by atoms with Gasteiger partial charge >= 0.3 is 0 Å². The van der Waals surface area contributed by atoms with E-state index in [1.54, 1.807) is 6.07 Å². The summed E-state index contributed by atoms with van der Waals surface area (Å²) in [6.07, 6.45) is 1.26. The number of morpholine rings is 1. The van der Waals surface area contributed by atoms with E-state index >= 15 is 0 Å². The number of rotatable bonds is 6. The molecule has 0 spiro atoms. The average molecular weight is 392 g/mol. The predicted molar refractivity (Wildman–Crippen MR) is 111 cm³/mol. The Bertz CT molecular complexity index is 1030. The van der Waals surface area contributed by atoms with E-state index in [-0.39, 0.29) is 24.1 Å². The molecule has 1 unspecified atom stereocenters. The fourth-order valence-corrected chi connectivity index (χ4v) is 3.71. The number of carbonyl (C=O) groups excluding carboxylic acids is 1. The van der Waals surface area contributed by atoms with E-state index in [0.29, 0.717) is 30.8 Å². The van der Waals surface area contributed by atoms with Gasteiger partial charge in [-0.1, -0.05) is 42.5 Å². The van der Waals surface area contributed by atoms with Crippen LogP contribution in [0.25, 0.3) is 11.0 Å². The number of hydrogen-bond acceptors (Lipinski definition) is 5. The molecule has 0 aliphatic carbocycles. The molecule has 2 heterocycles. The van der Waals surface area contributed by atoms with Gasteiger partial charge in [0.05, 0.1) is 36.5 Å². The van der Waals surface area contributed by atoms with Crippen LogP contribution in [-0.4, -0.2) is 53.2 Å². The van der Waals surface area contributed by atoms with Crippen LogP contribution in [0.1, 0.15) is 11.6 Å². The van der Waals surface area contributed by atoms with Crippen LogP contribution in [-0.2, 0) is 16.1 Å². The highest BCUT2D eigenvalue weighted by Gasteiger charge is 2.23. The number of ether oxygens (including phenoxy) is 1. The molecular weight excluding hydrogens is 368 g/mol. The minimum Gasteiger partial charge on any atom is -0.379 e. The van der Waals surface area contributed by atoms with Crippen LogP contribution in [0.2, 0.25) is 0 Å². The highest BCUT2D eigenvalue weighted by Crippen LogP contribution is 2.21. The van der Waals surface area contributed by atoms with Crippen molar-refractivity contribution < 1.29 is 9.53 Å². The van der Waals surface area contributed by atoms with E-state index < -0.39 is 0 Å². The summed E-state index contributed by atoms with van der Waals surface area (Å²) in [6, 6.07) is 17.5. The van der Waals surface area contributed by atoms with Gasteiger partial charge < -0.3 is 10.1 Å². The van der Waals surface area contributed by atoms with Crippen LogP contribution in [0.5, 0.6) is 0 Å². The quantitative estimate of drug-likeness (QED) is 0.689. The van der Waals surface area contributed by atoms with Crippen LogP contribution in [0, 0.1) is 0 Å². The smallest absolute Gasteiger partial charge is 0.269 e. The lowest BCUT2D eigenvalue weighted by Crippen LogP contribution is -2.44. The molecule has 2 aromatic carbocycles. The molecule has 1 saturated heterocycles. The Balaban J connectivity index is 1.49. The Morgan fingerprint density at radius 2 is 1.79 bits per heavy atom. The van der Waals surface area contributed by atoms with Crippen LogP contribution in [0.15, 0.2) is 65.6 Å². The maximum atomic E-state index is 12.7. The maximum Gasteiger partial charge on any atom is 0.269 e. The molecule has 1 amide bonds. The number of nitrogens with zero attached hydrogens (tertiary/aromatic N) is 3. The number of carbonyl (C=O) groups is 1. The molecule has 4 rings (SSSR count). The minimum atomic E-state index is -0.286. The van der Waals surface area contributed by atoms with Crippen molar-refractivity contribution in [1.82, 2.24) is 19.8 Å². The van der Waals surface area contributed by atoms with E-state index in [2.05, 4.69) is 27.3 Å². The van der Waals surface area contributed by atoms with Gasteiger partial charge in [-0.25, -0.2) is 4.98 Å². The fourth-order valence-electron chi connectivity index (χ4n) is 3.71. The number of para-hydroxylation sites is 2. The van der Waals surface area contributed by atoms with Gasteiger partial charge in [-0.2, -0.15) is 0 Å². The van der Waals surface area contributed by atoms with Crippen LogP contribution >= 0.6 is 0 Å². The van der Waals surface area contributed by atoms with Gasteiger partial charge in [0.25, 0.3) is 5.56 Å². The molecule has 1 fully saturated rings. The summed E-state index contributed by atoms with van der Waals surface area (Å²) < 4.78 is 6.93. The SMILES string of the molecule is O=C(Cn1c(=O)cnc2ccccc21)NCC(c1ccccc1)N1CCOCC1. The van der Waals surface area contributed by atoms with Crippen molar-refractivity contribution in [3.05, 3.63) is 76.7 Å². The van der Waals surface area contributed by atoms with Crippen molar-refractivity contribution in [2.75, 3.05) is 32.8 Å². The Kier molecular flexibility index (Phi) is 5.97. The van der Waals surface area contributed by atoms with Gasteiger partial charge in [0.15, 0.2) is 0 Å². The lowest BCUT2D eigenvalue weighted by Gasteiger charge is -2.35. The van der Waals surface area contributed by atoms with E-state index in [1.165, 1.54) is 10.8 Å². The van der Waals surface area contributed by atoms with Crippen molar-refractivity contribution in [2.24, 2.45) is 0 Å². The van der Waals surface area contributed by atoms with Crippen molar-refractivity contribution >= 4 is 16.9 Å². The monoisotopic (exact) mass is 392 g/mol. The van der Waals surface area contributed by atoms with Crippen LogP contribution < -0.4 is 10.9 Å². The summed E-state index contributed by atoms with van der Waals surface area (Å²) in [6.45, 7) is 3.46. The molecule has 1 N–H and O–H groups in total. The summed E-state index contributed by atoms with van der Waals surface area (Å²) >= 11 is 0. The van der Waals surface area contributed by atoms with E-state index in [9.17, 15) is 9.59 Å². The Hall–Kier alpha value is -3.03. The summed E-state index contributed by atoms with van der Waals surface area (Å²) in [5.74, 6) is -0.197. The molecule has 0 saturated carbocycles. The first-order valence-corrected chi connectivity index (χ1v) is 9.80. The van der Waals surface area contributed by atoms with Crippen LogP contribution in [0.4, 0.5) is 0 Å².